The van der Waals surface area contributed by atoms with E-state index in [-0.39, 0.29) is 30.9 Å². The van der Waals surface area contributed by atoms with Gasteiger partial charge in [-0.2, -0.15) is 5.26 Å². The predicted molar refractivity (Wildman–Crippen MR) is 124 cm³/mol. The van der Waals surface area contributed by atoms with Crippen molar-refractivity contribution in [2.45, 2.75) is 76.3 Å². The number of hydrogen-bond donors (Lipinski definition) is 1. The van der Waals surface area contributed by atoms with Gasteiger partial charge in [0.2, 0.25) is 11.8 Å². The van der Waals surface area contributed by atoms with Gasteiger partial charge in [0.1, 0.15) is 29.3 Å². The van der Waals surface area contributed by atoms with Crippen LogP contribution in [0.3, 0.4) is 0 Å². The first-order chi connectivity index (χ1) is 16.9. The Morgan fingerprint density at radius 2 is 1.94 bits per heavy atom. The Labute approximate surface area is 208 Å². The second kappa shape index (κ2) is 10.0. The van der Waals surface area contributed by atoms with Gasteiger partial charge in [0, 0.05) is 38.3 Å². The summed E-state index contributed by atoms with van der Waals surface area (Å²) >= 11 is 0. The molecule has 11 heteroatoms. The van der Waals surface area contributed by atoms with E-state index in [4.69, 9.17) is 4.74 Å². The maximum atomic E-state index is 13.6. The Bertz CT molecular complexity index is 1060. The van der Waals surface area contributed by atoms with Gasteiger partial charge in [0.05, 0.1) is 12.1 Å². The summed E-state index contributed by atoms with van der Waals surface area (Å²) in [6.07, 6.45) is 1.04. The molecule has 4 rings (SSSR count). The topological polar surface area (TPSA) is 106 Å². The quantitative estimate of drug-likeness (QED) is 0.638. The number of nitrogens with one attached hydrogen (secondary N) is 1. The summed E-state index contributed by atoms with van der Waals surface area (Å²) in [5.74, 6) is -1.96. The van der Waals surface area contributed by atoms with Gasteiger partial charge >= 0.3 is 6.09 Å². The number of halogens is 2. The van der Waals surface area contributed by atoms with Gasteiger partial charge in [-0.25, -0.2) is 13.6 Å². The highest BCUT2D eigenvalue weighted by Crippen LogP contribution is 2.33. The van der Waals surface area contributed by atoms with Crippen molar-refractivity contribution in [3.05, 3.63) is 35.4 Å². The van der Waals surface area contributed by atoms with Gasteiger partial charge in [-0.15, -0.1) is 0 Å². The number of nitrogens with zero attached hydrogens (tertiary/aromatic N) is 4. The number of piperazine rings is 1. The largest absolute Gasteiger partial charge is 0.444 e. The Kier molecular flexibility index (Phi) is 7.18. The van der Waals surface area contributed by atoms with Crippen LogP contribution in [0.5, 0.6) is 0 Å². The summed E-state index contributed by atoms with van der Waals surface area (Å²) in [7, 11) is 0. The van der Waals surface area contributed by atoms with Gasteiger partial charge in [-0.1, -0.05) is 0 Å². The SMILES string of the molecule is CC(C)(C)OC(=O)N[C@@H](CN1C[C@@H]2C[C@H]1C(=O)N2Cc1cc(F)cc(F)c1)C(=O)N1CCC[C@H]1C#N. The van der Waals surface area contributed by atoms with E-state index in [1.165, 1.54) is 17.0 Å². The van der Waals surface area contributed by atoms with Crippen LogP contribution in [0.2, 0.25) is 0 Å². The predicted octanol–water partition coefficient (Wildman–Crippen LogP) is 2.16. The monoisotopic (exact) mass is 503 g/mol. The third-order valence-corrected chi connectivity index (χ3v) is 6.76. The zero-order valence-electron chi connectivity index (χ0n) is 20.7. The molecule has 1 aromatic rings. The normalized spacial score (nSPS) is 24.7. The highest BCUT2D eigenvalue weighted by Gasteiger charge is 2.50. The van der Waals surface area contributed by atoms with Crippen LogP contribution in [-0.2, 0) is 20.9 Å². The van der Waals surface area contributed by atoms with E-state index in [1.807, 2.05) is 4.90 Å². The zero-order chi connectivity index (χ0) is 26.2. The number of hydrogen-bond acceptors (Lipinski definition) is 6. The second-order valence-electron chi connectivity index (χ2n) is 10.6. The molecule has 0 aromatic heterocycles. The van der Waals surface area contributed by atoms with Crippen LogP contribution >= 0.6 is 0 Å². The molecule has 0 aliphatic carbocycles. The highest BCUT2D eigenvalue weighted by atomic mass is 19.1. The molecule has 36 heavy (non-hydrogen) atoms. The number of fused-ring (bicyclic) bond motifs is 2. The highest BCUT2D eigenvalue weighted by molar-refractivity contribution is 5.88. The maximum absolute atomic E-state index is 13.6. The van der Waals surface area contributed by atoms with Gasteiger partial charge in [0.15, 0.2) is 0 Å². The first-order valence-corrected chi connectivity index (χ1v) is 12.1. The Balaban J connectivity index is 1.46. The Morgan fingerprint density at radius 1 is 1.25 bits per heavy atom. The van der Waals surface area contributed by atoms with E-state index in [1.54, 1.807) is 25.7 Å². The average molecular weight is 504 g/mol. The summed E-state index contributed by atoms with van der Waals surface area (Å²) in [6, 6.07) is 3.11. The van der Waals surface area contributed by atoms with Gasteiger partial charge in [-0.3, -0.25) is 14.5 Å². The third-order valence-electron chi connectivity index (χ3n) is 6.76. The number of nitriles is 1. The minimum absolute atomic E-state index is 0.0854. The van der Waals surface area contributed by atoms with E-state index >= 15 is 0 Å². The third kappa shape index (κ3) is 5.59. The van der Waals surface area contributed by atoms with Crippen molar-refractivity contribution in [2.24, 2.45) is 0 Å². The average Bonchev–Trinajstić information content (AvgIpc) is 3.47. The summed E-state index contributed by atoms with van der Waals surface area (Å²) in [4.78, 5) is 43.9. The summed E-state index contributed by atoms with van der Waals surface area (Å²) in [6.45, 7) is 6.20. The number of amides is 3. The smallest absolute Gasteiger partial charge is 0.408 e. The number of benzene rings is 1. The Morgan fingerprint density at radius 3 is 2.56 bits per heavy atom. The van der Waals surface area contributed by atoms with E-state index in [0.29, 0.717) is 37.9 Å². The molecule has 3 aliphatic rings. The van der Waals surface area contributed by atoms with Gasteiger partial charge in [-0.05, 0) is 57.7 Å². The van der Waals surface area contributed by atoms with E-state index in [2.05, 4.69) is 11.4 Å². The van der Waals surface area contributed by atoms with Crippen LogP contribution in [0.4, 0.5) is 13.6 Å². The first kappa shape index (κ1) is 25.8. The van der Waals surface area contributed by atoms with Crippen LogP contribution in [-0.4, -0.2) is 82.0 Å². The van der Waals surface area contributed by atoms with Crippen molar-refractivity contribution in [2.75, 3.05) is 19.6 Å². The fourth-order valence-corrected chi connectivity index (χ4v) is 5.28. The molecule has 1 N–H and O–H groups in total. The molecule has 1 aromatic carbocycles. The summed E-state index contributed by atoms with van der Waals surface area (Å²) in [5.41, 5.74) is -0.392. The molecule has 0 saturated carbocycles. The molecule has 0 unspecified atom stereocenters. The number of alkyl carbamates (subject to hydrolysis) is 1. The van der Waals surface area contributed by atoms with E-state index in [0.717, 1.165) is 6.07 Å². The van der Waals surface area contributed by atoms with Crippen molar-refractivity contribution in [3.63, 3.8) is 0 Å². The molecule has 0 spiro atoms. The molecule has 3 fully saturated rings. The lowest BCUT2D eigenvalue weighted by molar-refractivity contribution is -0.140. The van der Waals surface area contributed by atoms with Crippen LogP contribution < -0.4 is 5.32 Å². The molecular weight excluding hydrogens is 472 g/mol. The van der Waals surface area contributed by atoms with Crippen LogP contribution in [0, 0.1) is 23.0 Å². The van der Waals surface area contributed by atoms with E-state index < -0.39 is 41.5 Å². The minimum atomic E-state index is -0.994. The van der Waals surface area contributed by atoms with E-state index in [9.17, 15) is 28.4 Å². The van der Waals surface area contributed by atoms with Crippen LogP contribution in [0.1, 0.15) is 45.6 Å². The molecule has 3 heterocycles. The van der Waals surface area contributed by atoms with Crippen molar-refractivity contribution in [1.82, 2.24) is 20.0 Å². The zero-order valence-corrected chi connectivity index (χ0v) is 20.7. The first-order valence-electron chi connectivity index (χ1n) is 12.1. The number of carbonyl (C=O) groups is 3. The van der Waals surface area contributed by atoms with Crippen LogP contribution in [0.15, 0.2) is 18.2 Å². The fourth-order valence-electron chi connectivity index (χ4n) is 5.28. The molecule has 3 amide bonds. The number of carbonyl (C=O) groups excluding carboxylic acids is 3. The van der Waals surface area contributed by atoms with Crippen LogP contribution in [0.25, 0.3) is 0 Å². The Hall–Kier alpha value is -3.26. The van der Waals surface area contributed by atoms with Gasteiger partial charge < -0.3 is 19.9 Å². The number of likely N-dealkylation sites (tertiary alicyclic amines) is 3. The molecule has 3 saturated heterocycles. The molecule has 9 nitrogen and oxygen atoms in total. The van der Waals surface area contributed by atoms with Crippen molar-refractivity contribution < 1.29 is 27.9 Å². The molecule has 3 aliphatic heterocycles. The number of rotatable bonds is 6. The van der Waals surface area contributed by atoms with Crippen molar-refractivity contribution >= 4 is 17.9 Å². The number of ether oxygens (including phenoxy) is 1. The maximum Gasteiger partial charge on any atom is 0.408 e. The lowest BCUT2D eigenvalue weighted by atomic mass is 10.1. The van der Waals surface area contributed by atoms with Gasteiger partial charge in [0.25, 0.3) is 0 Å². The molecule has 4 atom stereocenters. The summed E-state index contributed by atoms with van der Waals surface area (Å²) in [5, 5.41) is 12.1. The molecule has 0 radical (unpaired) electrons. The molecule has 194 valence electrons. The molecular formula is C25H31F2N5O4. The fraction of sp³-hybridized carbons (Fsp3) is 0.600. The molecule has 2 bridgehead atoms. The van der Waals surface area contributed by atoms with Crippen molar-refractivity contribution in [3.8, 4) is 6.07 Å². The lowest BCUT2D eigenvalue weighted by Crippen LogP contribution is -2.58. The standard InChI is InChI=1S/C25H31F2N5O4/c1-25(2,3)36-24(35)29-20(22(33)31-6-4-5-18(31)11-28)14-30-13-19-10-21(30)23(34)32(19)12-15-7-16(26)9-17(27)8-15/h7-9,18-21H,4-6,10,12-14H2,1-3H3,(H,29,35)/t18-,19-,20-,21-/m0/s1. The summed E-state index contributed by atoms with van der Waals surface area (Å²) < 4.78 is 32.6. The van der Waals surface area contributed by atoms with Crippen molar-refractivity contribution in [1.29, 1.82) is 5.26 Å². The lowest BCUT2D eigenvalue weighted by Gasteiger charge is -2.36. The second-order valence-corrected chi connectivity index (χ2v) is 10.6. The minimum Gasteiger partial charge on any atom is -0.444 e.